The van der Waals surface area contributed by atoms with Crippen molar-refractivity contribution in [1.29, 1.82) is 0 Å². The molecule has 168 valence electrons. The average molecular weight is 444 g/mol. The average Bonchev–Trinajstić information content (AvgIpc) is 3.24. The lowest BCUT2D eigenvalue weighted by molar-refractivity contribution is -0.128. The van der Waals surface area contributed by atoms with E-state index in [4.69, 9.17) is 15.6 Å². The van der Waals surface area contributed by atoms with E-state index in [-0.39, 0.29) is 17.9 Å². The minimum atomic E-state index is -0.527. The van der Waals surface area contributed by atoms with Gasteiger partial charge in [0.15, 0.2) is 0 Å². The first-order chi connectivity index (χ1) is 16.0. The van der Waals surface area contributed by atoms with Gasteiger partial charge in [-0.3, -0.25) is 9.59 Å². The molecule has 8 heteroatoms. The summed E-state index contributed by atoms with van der Waals surface area (Å²) in [6.45, 7) is 5.47. The third-order valence-corrected chi connectivity index (χ3v) is 6.29. The molecule has 3 heterocycles. The van der Waals surface area contributed by atoms with Crippen LogP contribution in [0.4, 0.5) is 5.82 Å². The number of hydrogen-bond acceptors (Lipinski definition) is 5. The van der Waals surface area contributed by atoms with E-state index < -0.39 is 5.91 Å². The van der Waals surface area contributed by atoms with Crippen molar-refractivity contribution < 1.29 is 14.3 Å². The van der Waals surface area contributed by atoms with Crippen molar-refractivity contribution in [3.63, 3.8) is 0 Å². The molecule has 2 amide bonds. The van der Waals surface area contributed by atoms with Gasteiger partial charge in [-0.1, -0.05) is 24.8 Å². The molecule has 1 saturated heterocycles. The number of piperidine rings is 1. The Morgan fingerprint density at radius 2 is 1.85 bits per heavy atom. The zero-order chi connectivity index (χ0) is 22.9. The highest BCUT2D eigenvalue weighted by molar-refractivity contribution is 6.04. The molecule has 2 aliphatic rings. The lowest BCUT2D eigenvalue weighted by atomic mass is 9.90. The number of benzene rings is 2. The Kier molecular flexibility index (Phi) is 5.34. The topological polar surface area (TPSA) is 102 Å². The van der Waals surface area contributed by atoms with Gasteiger partial charge in [-0.15, -0.1) is 0 Å². The standard InChI is InChI=1S/C25H25N5O3/c1-2-21(31)29-13-12-20-17(15-29)14-27-25-22(24(26)32)23(28-30(20)25)16-8-10-19(11-9-16)33-18-6-4-3-5-7-18/h2-11,17,20,27H,1,12-15H2,(H2,26,32)/t17-,20+/m1/s1. The molecule has 0 radical (unpaired) electrons. The summed E-state index contributed by atoms with van der Waals surface area (Å²) >= 11 is 0. The summed E-state index contributed by atoms with van der Waals surface area (Å²) < 4.78 is 7.75. The molecule has 33 heavy (non-hydrogen) atoms. The zero-order valence-corrected chi connectivity index (χ0v) is 18.1. The van der Waals surface area contributed by atoms with E-state index in [1.54, 1.807) is 0 Å². The van der Waals surface area contributed by atoms with Crippen LogP contribution in [-0.4, -0.2) is 46.1 Å². The molecule has 0 spiro atoms. The number of carbonyl (C=O) groups excluding carboxylic acids is 2. The van der Waals surface area contributed by atoms with E-state index in [1.165, 1.54) is 6.08 Å². The molecule has 8 nitrogen and oxygen atoms in total. The number of carbonyl (C=O) groups is 2. The second kappa shape index (κ2) is 8.46. The summed E-state index contributed by atoms with van der Waals surface area (Å²) in [5, 5.41) is 8.15. The molecule has 1 aromatic heterocycles. The maximum Gasteiger partial charge on any atom is 0.254 e. The van der Waals surface area contributed by atoms with Crippen LogP contribution in [0.3, 0.4) is 0 Å². The largest absolute Gasteiger partial charge is 0.457 e. The molecule has 0 aliphatic carbocycles. The number of nitrogens with zero attached hydrogens (tertiary/aromatic N) is 3. The van der Waals surface area contributed by atoms with Gasteiger partial charge in [0.05, 0.1) is 6.04 Å². The molecular formula is C25H25N5O3. The van der Waals surface area contributed by atoms with Gasteiger partial charge in [-0.25, -0.2) is 4.68 Å². The number of amides is 2. The number of aromatic nitrogens is 2. The van der Waals surface area contributed by atoms with E-state index in [9.17, 15) is 9.59 Å². The summed E-state index contributed by atoms with van der Waals surface area (Å²) in [5.74, 6) is 1.68. The van der Waals surface area contributed by atoms with Gasteiger partial charge in [0.25, 0.3) is 5.91 Å². The van der Waals surface area contributed by atoms with Gasteiger partial charge in [-0.2, -0.15) is 5.10 Å². The third-order valence-electron chi connectivity index (χ3n) is 6.29. The lowest BCUT2D eigenvalue weighted by Gasteiger charge is -2.41. The highest BCUT2D eigenvalue weighted by Gasteiger charge is 2.39. The summed E-state index contributed by atoms with van der Waals surface area (Å²) in [6.07, 6.45) is 2.10. The number of para-hydroxylation sites is 1. The van der Waals surface area contributed by atoms with Gasteiger partial charge < -0.3 is 20.7 Å². The first-order valence-corrected chi connectivity index (χ1v) is 11.0. The SMILES string of the molecule is C=CC(=O)N1CC[C@H]2[C@H](CNc3c(C(N)=O)c(-c4ccc(Oc5ccccc5)cc4)nn32)C1. The lowest BCUT2D eigenvalue weighted by Crippen LogP contribution is -2.48. The normalized spacial score (nSPS) is 19.1. The minimum absolute atomic E-state index is 0.0592. The fourth-order valence-electron chi connectivity index (χ4n) is 4.68. The Labute approximate surface area is 191 Å². The van der Waals surface area contributed by atoms with Crippen LogP contribution < -0.4 is 15.8 Å². The molecule has 1 fully saturated rings. The fourth-order valence-corrected chi connectivity index (χ4v) is 4.68. The van der Waals surface area contributed by atoms with E-state index in [2.05, 4.69) is 11.9 Å². The second-order valence-corrected chi connectivity index (χ2v) is 8.31. The van der Waals surface area contributed by atoms with E-state index in [1.807, 2.05) is 64.2 Å². The Bertz CT molecular complexity index is 1200. The van der Waals surface area contributed by atoms with Crippen LogP contribution >= 0.6 is 0 Å². The number of nitrogens with one attached hydrogen (secondary N) is 1. The predicted octanol–water partition coefficient (Wildman–Crippen LogP) is 3.44. The molecule has 3 aromatic rings. The Balaban J connectivity index is 1.44. The van der Waals surface area contributed by atoms with Crippen molar-refractivity contribution in [1.82, 2.24) is 14.7 Å². The van der Waals surface area contributed by atoms with Gasteiger partial charge in [0.2, 0.25) is 5.91 Å². The van der Waals surface area contributed by atoms with Crippen molar-refractivity contribution in [3.8, 4) is 22.8 Å². The number of anilines is 1. The Hall–Kier alpha value is -4.07. The van der Waals surface area contributed by atoms with Crippen LogP contribution in [0, 0.1) is 5.92 Å². The molecule has 2 aromatic carbocycles. The first-order valence-electron chi connectivity index (χ1n) is 11.0. The van der Waals surface area contributed by atoms with Crippen LogP contribution in [-0.2, 0) is 4.79 Å². The smallest absolute Gasteiger partial charge is 0.254 e. The van der Waals surface area contributed by atoms with Crippen molar-refractivity contribution >= 4 is 17.6 Å². The molecule has 2 atom stereocenters. The molecule has 0 saturated carbocycles. The quantitative estimate of drug-likeness (QED) is 0.588. The van der Waals surface area contributed by atoms with Crippen molar-refractivity contribution in [3.05, 3.63) is 72.8 Å². The number of nitrogens with two attached hydrogens (primary N) is 1. The molecule has 5 rings (SSSR count). The van der Waals surface area contributed by atoms with E-state index >= 15 is 0 Å². The summed E-state index contributed by atoms with van der Waals surface area (Å²) in [4.78, 5) is 26.3. The summed E-state index contributed by atoms with van der Waals surface area (Å²) in [6, 6.07) is 17.1. The van der Waals surface area contributed by atoms with Crippen LogP contribution in [0.5, 0.6) is 11.5 Å². The van der Waals surface area contributed by atoms with Crippen LogP contribution in [0.25, 0.3) is 11.3 Å². The number of primary amides is 1. The number of likely N-dealkylation sites (tertiary alicyclic amines) is 1. The third kappa shape index (κ3) is 3.84. The highest BCUT2D eigenvalue weighted by Crippen LogP contribution is 2.40. The maximum absolute atomic E-state index is 12.4. The van der Waals surface area contributed by atoms with Gasteiger partial charge in [0, 0.05) is 31.1 Å². The van der Waals surface area contributed by atoms with Crippen molar-refractivity contribution in [2.75, 3.05) is 25.0 Å². The summed E-state index contributed by atoms with van der Waals surface area (Å²) in [5.41, 5.74) is 7.49. The van der Waals surface area contributed by atoms with Gasteiger partial charge in [-0.05, 0) is 48.9 Å². The maximum atomic E-state index is 12.4. The monoisotopic (exact) mass is 443 g/mol. The van der Waals surface area contributed by atoms with Gasteiger partial charge in [0.1, 0.15) is 28.6 Å². The van der Waals surface area contributed by atoms with Crippen molar-refractivity contribution in [2.45, 2.75) is 12.5 Å². The van der Waals surface area contributed by atoms with E-state index in [0.29, 0.717) is 42.5 Å². The number of rotatable bonds is 5. The molecule has 3 N–H and O–H groups in total. The van der Waals surface area contributed by atoms with Crippen LogP contribution in [0.15, 0.2) is 67.3 Å². The number of hydrogen-bond donors (Lipinski definition) is 2. The van der Waals surface area contributed by atoms with Crippen molar-refractivity contribution in [2.24, 2.45) is 11.7 Å². The molecular weight excluding hydrogens is 418 g/mol. The van der Waals surface area contributed by atoms with Crippen LogP contribution in [0.1, 0.15) is 22.8 Å². The number of fused-ring (bicyclic) bond motifs is 3. The Morgan fingerprint density at radius 3 is 2.55 bits per heavy atom. The first kappa shape index (κ1) is 20.8. The summed E-state index contributed by atoms with van der Waals surface area (Å²) in [7, 11) is 0. The minimum Gasteiger partial charge on any atom is -0.457 e. The van der Waals surface area contributed by atoms with Gasteiger partial charge >= 0.3 is 0 Å². The molecule has 0 unspecified atom stereocenters. The highest BCUT2D eigenvalue weighted by atomic mass is 16.5. The zero-order valence-electron chi connectivity index (χ0n) is 18.1. The number of ether oxygens (including phenoxy) is 1. The Morgan fingerprint density at radius 1 is 1.12 bits per heavy atom. The molecule has 2 aliphatic heterocycles. The van der Waals surface area contributed by atoms with Crippen LogP contribution in [0.2, 0.25) is 0 Å². The second-order valence-electron chi connectivity index (χ2n) is 8.31. The van der Waals surface area contributed by atoms with E-state index in [0.717, 1.165) is 17.7 Å². The molecule has 0 bridgehead atoms. The fraction of sp³-hybridized carbons (Fsp3) is 0.240. The predicted molar refractivity (Wildman–Crippen MR) is 125 cm³/mol.